The van der Waals surface area contributed by atoms with Crippen LogP contribution in [0, 0.1) is 0 Å². The van der Waals surface area contributed by atoms with Gasteiger partial charge in [0.15, 0.2) is 0 Å². The molecule has 144 valence electrons. The third-order valence-corrected chi connectivity index (χ3v) is 5.51. The molecule has 3 rings (SSSR count). The molecule has 2 atom stereocenters. The molecule has 6 N–H and O–H groups in total. The van der Waals surface area contributed by atoms with E-state index in [1.54, 1.807) is 0 Å². The number of carbonyl (C=O) groups excluding carboxylic acids is 1. The lowest BCUT2D eigenvalue weighted by molar-refractivity contribution is 0.100. The van der Waals surface area contributed by atoms with Gasteiger partial charge in [0, 0.05) is 24.3 Å². The number of nitrogens with two attached hydrogens (primary N) is 1. The van der Waals surface area contributed by atoms with Crippen molar-refractivity contribution < 1.29 is 9.90 Å². The summed E-state index contributed by atoms with van der Waals surface area (Å²) in [7, 11) is 2.00. The lowest BCUT2D eigenvalue weighted by Crippen LogP contribution is -2.35. The Morgan fingerprint density at radius 2 is 1.85 bits per heavy atom. The molecule has 0 unspecified atom stereocenters. The van der Waals surface area contributed by atoms with E-state index < -0.39 is 5.91 Å². The summed E-state index contributed by atoms with van der Waals surface area (Å²) < 4.78 is 0. The Hall–Kier alpha value is -1.93. The number of primary amides is 1. The molecule has 1 aromatic heterocycles. The third-order valence-electron chi connectivity index (χ3n) is 5.51. The Kier molecular flexibility index (Phi) is 6.26. The fraction of sp³-hybridized carbons (Fsp3) is 0.722. The van der Waals surface area contributed by atoms with Gasteiger partial charge in [-0.15, -0.1) is 0 Å². The van der Waals surface area contributed by atoms with Gasteiger partial charge in [-0.1, -0.05) is 0 Å². The molecule has 0 aliphatic heterocycles. The van der Waals surface area contributed by atoms with Gasteiger partial charge < -0.3 is 26.8 Å². The minimum atomic E-state index is -0.551. The zero-order valence-electron chi connectivity index (χ0n) is 15.4. The third kappa shape index (κ3) is 4.82. The van der Waals surface area contributed by atoms with Crippen LogP contribution in [0.1, 0.15) is 61.7 Å². The van der Waals surface area contributed by atoms with E-state index in [-0.39, 0.29) is 17.7 Å². The summed E-state index contributed by atoms with van der Waals surface area (Å²) in [6.07, 6.45) is 8.92. The molecule has 2 aliphatic carbocycles. The van der Waals surface area contributed by atoms with E-state index in [1.165, 1.54) is 6.20 Å². The standard InChI is InChI=1S/C18H30N6O2/c1-20-11-5-7-12(8-6-11)23-18-21-10-15(16(19)26)17(24-18)22-13-3-2-4-14(25)9-13/h10-14,20,25H,2-9H2,1H3,(H2,19,26)(H2,21,22,23,24)/t11?,12?,13-,14+/m1/s1. The summed E-state index contributed by atoms with van der Waals surface area (Å²) in [6, 6.07) is 1.01. The molecule has 0 aromatic carbocycles. The first-order valence-electron chi connectivity index (χ1n) is 9.60. The summed E-state index contributed by atoms with van der Waals surface area (Å²) in [5.41, 5.74) is 5.76. The summed E-state index contributed by atoms with van der Waals surface area (Å²) in [5.74, 6) is 0.421. The molecule has 1 aromatic rings. The second-order valence-corrected chi connectivity index (χ2v) is 7.46. The van der Waals surface area contributed by atoms with Crippen LogP contribution in [0.3, 0.4) is 0 Å². The zero-order chi connectivity index (χ0) is 18.5. The Morgan fingerprint density at radius 1 is 1.12 bits per heavy atom. The average molecular weight is 362 g/mol. The molecule has 0 bridgehead atoms. The van der Waals surface area contributed by atoms with Crippen LogP contribution in [0.2, 0.25) is 0 Å². The Balaban J connectivity index is 1.68. The van der Waals surface area contributed by atoms with E-state index in [4.69, 9.17) is 5.73 Å². The summed E-state index contributed by atoms with van der Waals surface area (Å²) in [4.78, 5) is 20.5. The van der Waals surface area contributed by atoms with Crippen LogP contribution in [0.5, 0.6) is 0 Å². The molecule has 8 heteroatoms. The van der Waals surface area contributed by atoms with Gasteiger partial charge in [-0.25, -0.2) is 4.98 Å². The van der Waals surface area contributed by atoms with Gasteiger partial charge in [-0.2, -0.15) is 4.98 Å². The Labute approximate surface area is 154 Å². The van der Waals surface area contributed by atoms with Crippen LogP contribution in [0.25, 0.3) is 0 Å². The number of carbonyl (C=O) groups is 1. The van der Waals surface area contributed by atoms with E-state index >= 15 is 0 Å². The smallest absolute Gasteiger partial charge is 0.254 e. The number of aliphatic hydroxyl groups is 1. The van der Waals surface area contributed by atoms with Crippen molar-refractivity contribution in [3.8, 4) is 0 Å². The van der Waals surface area contributed by atoms with E-state index in [9.17, 15) is 9.90 Å². The highest BCUT2D eigenvalue weighted by atomic mass is 16.3. The molecule has 2 saturated carbocycles. The first-order valence-corrected chi connectivity index (χ1v) is 9.60. The van der Waals surface area contributed by atoms with Crippen molar-refractivity contribution in [3.05, 3.63) is 11.8 Å². The first-order chi connectivity index (χ1) is 12.5. The van der Waals surface area contributed by atoms with Crippen LogP contribution in [-0.4, -0.2) is 52.3 Å². The fourth-order valence-corrected chi connectivity index (χ4v) is 3.94. The number of hydrogen-bond acceptors (Lipinski definition) is 7. The van der Waals surface area contributed by atoms with Crippen molar-refractivity contribution in [2.75, 3.05) is 17.7 Å². The number of aliphatic hydroxyl groups excluding tert-OH is 1. The second-order valence-electron chi connectivity index (χ2n) is 7.46. The van der Waals surface area contributed by atoms with E-state index in [0.29, 0.717) is 30.3 Å². The van der Waals surface area contributed by atoms with Crippen molar-refractivity contribution in [1.82, 2.24) is 15.3 Å². The minimum absolute atomic E-state index is 0.0886. The van der Waals surface area contributed by atoms with Crippen LogP contribution < -0.4 is 21.7 Å². The van der Waals surface area contributed by atoms with E-state index in [1.807, 2.05) is 7.05 Å². The van der Waals surface area contributed by atoms with Gasteiger partial charge in [0.05, 0.1) is 11.7 Å². The molecule has 2 fully saturated rings. The number of anilines is 2. The zero-order valence-corrected chi connectivity index (χ0v) is 15.4. The molecule has 2 aliphatic rings. The minimum Gasteiger partial charge on any atom is -0.393 e. The van der Waals surface area contributed by atoms with Crippen LogP contribution >= 0.6 is 0 Å². The second kappa shape index (κ2) is 8.64. The lowest BCUT2D eigenvalue weighted by atomic mass is 9.91. The molecule has 0 saturated heterocycles. The first kappa shape index (κ1) is 18.8. The van der Waals surface area contributed by atoms with Crippen molar-refractivity contribution in [2.45, 2.75) is 75.6 Å². The Bertz CT molecular complexity index is 618. The number of nitrogens with one attached hydrogen (secondary N) is 3. The maximum absolute atomic E-state index is 11.7. The van der Waals surface area contributed by atoms with Crippen molar-refractivity contribution in [2.24, 2.45) is 5.73 Å². The number of nitrogens with zero attached hydrogens (tertiary/aromatic N) is 2. The van der Waals surface area contributed by atoms with Crippen molar-refractivity contribution >= 4 is 17.7 Å². The van der Waals surface area contributed by atoms with Gasteiger partial charge >= 0.3 is 0 Å². The maximum atomic E-state index is 11.7. The molecule has 1 amide bonds. The number of amides is 1. The Morgan fingerprint density at radius 3 is 2.50 bits per heavy atom. The predicted octanol–water partition coefficient (Wildman–Crippen LogP) is 1.23. The molecule has 0 radical (unpaired) electrons. The largest absolute Gasteiger partial charge is 0.393 e. The normalized spacial score (nSPS) is 29.2. The van der Waals surface area contributed by atoms with E-state index in [2.05, 4.69) is 25.9 Å². The summed E-state index contributed by atoms with van der Waals surface area (Å²) >= 11 is 0. The highest BCUT2D eigenvalue weighted by molar-refractivity contribution is 5.97. The van der Waals surface area contributed by atoms with Gasteiger partial charge in [-0.3, -0.25) is 4.79 Å². The van der Waals surface area contributed by atoms with Gasteiger partial charge in [0.1, 0.15) is 5.82 Å². The molecule has 26 heavy (non-hydrogen) atoms. The molecule has 8 nitrogen and oxygen atoms in total. The van der Waals surface area contributed by atoms with Crippen molar-refractivity contribution in [3.63, 3.8) is 0 Å². The van der Waals surface area contributed by atoms with Crippen LogP contribution in [0.4, 0.5) is 11.8 Å². The summed E-state index contributed by atoms with van der Waals surface area (Å²) in [5, 5.41) is 19.9. The molecular formula is C18H30N6O2. The predicted molar refractivity (Wildman–Crippen MR) is 101 cm³/mol. The molecule has 1 heterocycles. The monoisotopic (exact) mass is 362 g/mol. The van der Waals surface area contributed by atoms with Gasteiger partial charge in [0.2, 0.25) is 5.95 Å². The summed E-state index contributed by atoms with van der Waals surface area (Å²) in [6.45, 7) is 0. The number of rotatable bonds is 6. The van der Waals surface area contributed by atoms with Gasteiger partial charge in [0.25, 0.3) is 5.91 Å². The number of hydrogen-bond donors (Lipinski definition) is 5. The van der Waals surface area contributed by atoms with Gasteiger partial charge in [-0.05, 0) is 58.4 Å². The fourth-order valence-electron chi connectivity index (χ4n) is 3.94. The number of aromatic nitrogens is 2. The molecule has 0 spiro atoms. The quantitative estimate of drug-likeness (QED) is 0.515. The SMILES string of the molecule is CNC1CCC(Nc2ncc(C(N)=O)c(N[C@@H]3CCC[C@H](O)C3)n2)CC1. The average Bonchev–Trinajstić information content (AvgIpc) is 2.62. The van der Waals surface area contributed by atoms with Crippen LogP contribution in [-0.2, 0) is 0 Å². The highest BCUT2D eigenvalue weighted by Crippen LogP contribution is 2.25. The highest BCUT2D eigenvalue weighted by Gasteiger charge is 2.24. The lowest BCUT2D eigenvalue weighted by Gasteiger charge is -2.29. The van der Waals surface area contributed by atoms with E-state index in [0.717, 1.165) is 44.9 Å². The topological polar surface area (TPSA) is 125 Å². The molecular weight excluding hydrogens is 332 g/mol. The van der Waals surface area contributed by atoms with Crippen LogP contribution in [0.15, 0.2) is 6.20 Å². The van der Waals surface area contributed by atoms with Crippen molar-refractivity contribution in [1.29, 1.82) is 0 Å². The maximum Gasteiger partial charge on any atom is 0.254 e.